The summed E-state index contributed by atoms with van der Waals surface area (Å²) in [7, 11) is 0. The number of nitrogens with one attached hydrogen (secondary N) is 1. The highest BCUT2D eigenvalue weighted by atomic mass is 32.2. The standard InChI is InChI=1S/C19H31N3S/c1-8-18(9-2)23-16(6)13-15(5)19(21-10-3)22-17(7)14(4)11-12-20/h8,10,14,17,22H,6,9,11,13H2,1-5,7H3/b18-8-,19-15+,21-10-. The summed E-state index contributed by atoms with van der Waals surface area (Å²) in [6.45, 7) is 16.6. The highest BCUT2D eigenvalue weighted by Crippen LogP contribution is 2.31. The van der Waals surface area contributed by atoms with Crippen molar-refractivity contribution in [1.82, 2.24) is 5.32 Å². The molecule has 0 rings (SSSR count). The summed E-state index contributed by atoms with van der Waals surface area (Å²) < 4.78 is 0. The average Bonchev–Trinajstić information content (AvgIpc) is 2.52. The van der Waals surface area contributed by atoms with Crippen LogP contribution in [0.5, 0.6) is 0 Å². The second-order valence-electron chi connectivity index (χ2n) is 5.71. The highest BCUT2D eigenvalue weighted by Gasteiger charge is 2.14. The number of nitrogens with zero attached hydrogens (tertiary/aromatic N) is 2. The van der Waals surface area contributed by atoms with Crippen LogP contribution in [0.2, 0.25) is 0 Å². The molecule has 0 saturated carbocycles. The zero-order valence-electron chi connectivity index (χ0n) is 15.4. The van der Waals surface area contributed by atoms with Gasteiger partial charge >= 0.3 is 0 Å². The number of nitriles is 1. The summed E-state index contributed by atoms with van der Waals surface area (Å²) in [6, 6.07) is 2.43. The molecule has 0 aromatic heterocycles. The summed E-state index contributed by atoms with van der Waals surface area (Å²) in [6.07, 6.45) is 6.32. The Morgan fingerprint density at radius 1 is 1.39 bits per heavy atom. The van der Waals surface area contributed by atoms with Crippen LogP contribution < -0.4 is 5.32 Å². The zero-order valence-corrected chi connectivity index (χ0v) is 16.3. The predicted molar refractivity (Wildman–Crippen MR) is 104 cm³/mol. The Hall–Kier alpha value is -1.47. The van der Waals surface area contributed by atoms with E-state index >= 15 is 0 Å². The van der Waals surface area contributed by atoms with Crippen LogP contribution in [0.4, 0.5) is 0 Å². The van der Waals surface area contributed by atoms with Crippen LogP contribution in [-0.2, 0) is 0 Å². The lowest BCUT2D eigenvalue weighted by atomic mass is 10.0. The van der Waals surface area contributed by atoms with E-state index in [1.165, 1.54) is 10.5 Å². The van der Waals surface area contributed by atoms with Crippen molar-refractivity contribution in [2.45, 2.75) is 66.8 Å². The maximum Gasteiger partial charge on any atom is 0.124 e. The molecule has 0 aromatic carbocycles. The lowest BCUT2D eigenvalue weighted by Crippen LogP contribution is -2.31. The predicted octanol–water partition coefficient (Wildman–Crippen LogP) is 5.79. The van der Waals surface area contributed by atoms with Gasteiger partial charge in [-0.1, -0.05) is 38.3 Å². The smallest absolute Gasteiger partial charge is 0.124 e. The summed E-state index contributed by atoms with van der Waals surface area (Å²) in [5.74, 6) is 1.17. The van der Waals surface area contributed by atoms with Crippen molar-refractivity contribution < 1.29 is 0 Å². The third-order valence-corrected chi connectivity index (χ3v) is 4.92. The van der Waals surface area contributed by atoms with E-state index in [1.807, 2.05) is 6.92 Å². The lowest BCUT2D eigenvalue weighted by molar-refractivity contribution is 0.432. The molecule has 1 N–H and O–H groups in total. The molecule has 2 atom stereocenters. The van der Waals surface area contributed by atoms with Gasteiger partial charge in [0.1, 0.15) is 5.82 Å². The zero-order chi connectivity index (χ0) is 17.8. The molecule has 0 heterocycles. The van der Waals surface area contributed by atoms with Crippen molar-refractivity contribution in [2.75, 3.05) is 0 Å². The first-order valence-electron chi connectivity index (χ1n) is 8.22. The molecular weight excluding hydrogens is 302 g/mol. The third kappa shape index (κ3) is 8.66. The SMILES string of the molecule is C=C(C/C(C)=C(\N=C/C)NC(C)C(C)CC#N)S/C(=C\C)CC. The fraction of sp³-hybridized carbons (Fsp3) is 0.579. The van der Waals surface area contributed by atoms with Gasteiger partial charge in [0.2, 0.25) is 0 Å². The van der Waals surface area contributed by atoms with Crippen LogP contribution in [0.3, 0.4) is 0 Å². The topological polar surface area (TPSA) is 48.2 Å². The molecule has 0 amide bonds. The lowest BCUT2D eigenvalue weighted by Gasteiger charge is -2.22. The van der Waals surface area contributed by atoms with E-state index in [0.29, 0.717) is 6.42 Å². The van der Waals surface area contributed by atoms with E-state index < -0.39 is 0 Å². The van der Waals surface area contributed by atoms with Gasteiger partial charge in [0.15, 0.2) is 0 Å². The van der Waals surface area contributed by atoms with Crippen LogP contribution in [0.1, 0.15) is 60.8 Å². The van der Waals surface area contributed by atoms with Crippen LogP contribution in [0, 0.1) is 17.2 Å². The monoisotopic (exact) mass is 333 g/mol. The summed E-state index contributed by atoms with van der Waals surface area (Å²) >= 11 is 1.75. The molecule has 0 aliphatic rings. The van der Waals surface area contributed by atoms with Crippen molar-refractivity contribution in [3.05, 3.63) is 33.9 Å². The summed E-state index contributed by atoms with van der Waals surface area (Å²) in [5.41, 5.74) is 1.17. The molecule has 0 saturated heterocycles. The van der Waals surface area contributed by atoms with Crippen molar-refractivity contribution in [3.63, 3.8) is 0 Å². The molecule has 2 unspecified atom stereocenters. The number of hydrogen-bond acceptors (Lipinski definition) is 4. The van der Waals surface area contributed by atoms with Gasteiger partial charge in [-0.3, -0.25) is 0 Å². The first-order valence-corrected chi connectivity index (χ1v) is 9.03. The quantitative estimate of drug-likeness (QED) is 0.515. The molecule has 3 nitrogen and oxygen atoms in total. The molecule has 0 spiro atoms. The number of rotatable bonds is 10. The van der Waals surface area contributed by atoms with Gasteiger partial charge in [0.25, 0.3) is 0 Å². The molecular formula is C19H31N3S. The normalized spacial score (nSPS) is 15.8. The second kappa shape index (κ2) is 12.0. The van der Waals surface area contributed by atoms with E-state index in [4.69, 9.17) is 5.26 Å². The summed E-state index contributed by atoms with van der Waals surface area (Å²) in [5, 5.41) is 12.3. The van der Waals surface area contributed by atoms with E-state index in [2.05, 4.69) is 63.7 Å². The fourth-order valence-corrected chi connectivity index (χ4v) is 2.94. The van der Waals surface area contributed by atoms with E-state index in [-0.39, 0.29) is 12.0 Å². The Balaban J connectivity index is 4.99. The third-order valence-electron chi connectivity index (χ3n) is 3.70. The average molecular weight is 334 g/mol. The van der Waals surface area contributed by atoms with Gasteiger partial charge in [-0.05, 0) is 55.4 Å². The Labute approximate surface area is 146 Å². The minimum atomic E-state index is 0.200. The van der Waals surface area contributed by atoms with Gasteiger partial charge in [0.05, 0.1) is 6.07 Å². The van der Waals surface area contributed by atoms with Crippen LogP contribution in [0.25, 0.3) is 0 Å². The number of hydrogen-bond donors (Lipinski definition) is 1. The molecule has 0 fully saturated rings. The van der Waals surface area contributed by atoms with E-state index in [9.17, 15) is 0 Å². The maximum absolute atomic E-state index is 8.84. The molecule has 0 radical (unpaired) electrons. The Morgan fingerprint density at radius 3 is 2.52 bits per heavy atom. The van der Waals surface area contributed by atoms with Gasteiger partial charge in [-0.25, -0.2) is 4.99 Å². The Morgan fingerprint density at radius 2 is 2.04 bits per heavy atom. The van der Waals surface area contributed by atoms with Gasteiger partial charge in [-0.2, -0.15) is 5.26 Å². The van der Waals surface area contributed by atoms with Crippen LogP contribution in [0.15, 0.2) is 38.9 Å². The molecule has 0 bridgehead atoms. The molecule has 0 aliphatic heterocycles. The maximum atomic E-state index is 8.84. The highest BCUT2D eigenvalue weighted by molar-refractivity contribution is 8.06. The van der Waals surface area contributed by atoms with Crippen LogP contribution in [-0.4, -0.2) is 12.3 Å². The molecule has 4 heteroatoms. The van der Waals surface area contributed by atoms with Crippen molar-refractivity contribution >= 4 is 18.0 Å². The first-order chi connectivity index (χ1) is 10.9. The largest absolute Gasteiger partial charge is 0.367 e. The number of allylic oxidation sites excluding steroid dienone is 4. The Bertz CT molecular complexity index is 509. The van der Waals surface area contributed by atoms with Crippen LogP contribution >= 0.6 is 11.8 Å². The van der Waals surface area contributed by atoms with Crippen molar-refractivity contribution in [2.24, 2.45) is 10.9 Å². The molecule has 0 aromatic rings. The molecule has 0 aliphatic carbocycles. The summed E-state index contributed by atoms with van der Waals surface area (Å²) in [4.78, 5) is 6.94. The number of aliphatic imine (C=N–C) groups is 1. The molecule has 23 heavy (non-hydrogen) atoms. The van der Waals surface area contributed by atoms with E-state index in [0.717, 1.165) is 23.6 Å². The molecule has 128 valence electrons. The fourth-order valence-electron chi connectivity index (χ4n) is 2.01. The Kier molecular flexibility index (Phi) is 11.2. The number of thioether (sulfide) groups is 1. The van der Waals surface area contributed by atoms with E-state index in [1.54, 1.807) is 18.0 Å². The van der Waals surface area contributed by atoms with Gasteiger partial charge in [0, 0.05) is 25.1 Å². The minimum absolute atomic E-state index is 0.200. The van der Waals surface area contributed by atoms with Gasteiger partial charge in [-0.15, -0.1) is 0 Å². The van der Waals surface area contributed by atoms with Gasteiger partial charge < -0.3 is 5.32 Å². The second-order valence-corrected chi connectivity index (χ2v) is 7.02. The first kappa shape index (κ1) is 21.5. The minimum Gasteiger partial charge on any atom is -0.367 e. The van der Waals surface area contributed by atoms with Crippen molar-refractivity contribution in [3.8, 4) is 6.07 Å². The van der Waals surface area contributed by atoms with Crippen molar-refractivity contribution in [1.29, 1.82) is 5.26 Å².